The Morgan fingerprint density at radius 2 is 2.05 bits per heavy atom. The lowest BCUT2D eigenvalue weighted by atomic mass is 9.61. The van der Waals surface area contributed by atoms with Crippen LogP contribution in [-0.2, 0) is 17.8 Å². The normalized spacial score (nSPS) is 25.2. The van der Waals surface area contributed by atoms with Crippen molar-refractivity contribution in [3.63, 3.8) is 0 Å². The first-order valence-electron chi connectivity index (χ1n) is 7.36. The lowest BCUT2D eigenvalue weighted by Crippen LogP contribution is -2.56. The number of oxime groups is 1. The lowest BCUT2D eigenvalue weighted by Gasteiger charge is -2.43. The third-order valence-electron chi connectivity index (χ3n) is 4.37. The average molecular weight is 289 g/mol. The Hall–Kier alpha value is -2.04. The van der Waals surface area contributed by atoms with Crippen LogP contribution in [0.4, 0.5) is 0 Å². The topological polar surface area (TPSA) is 87.7 Å². The number of hydrogen-bond acceptors (Lipinski definition) is 3. The summed E-state index contributed by atoms with van der Waals surface area (Å²) in [6.45, 7) is 4.62. The van der Waals surface area contributed by atoms with Crippen LogP contribution in [0.5, 0.6) is 0 Å². The first kappa shape index (κ1) is 15.4. The molecule has 1 aliphatic rings. The molecule has 0 saturated heterocycles. The summed E-state index contributed by atoms with van der Waals surface area (Å²) < 4.78 is 0. The zero-order chi connectivity index (χ0) is 15.5. The van der Waals surface area contributed by atoms with Gasteiger partial charge in [-0.05, 0) is 36.3 Å². The number of nitrogens with zero attached hydrogens (tertiary/aromatic N) is 1. The molecule has 0 unspecified atom stereocenters. The van der Waals surface area contributed by atoms with E-state index in [1.54, 1.807) is 0 Å². The van der Waals surface area contributed by atoms with Gasteiger partial charge in [-0.3, -0.25) is 4.79 Å². The van der Waals surface area contributed by atoms with Gasteiger partial charge in [-0.15, -0.1) is 0 Å². The van der Waals surface area contributed by atoms with Gasteiger partial charge in [-0.25, -0.2) is 0 Å². The predicted molar refractivity (Wildman–Crippen MR) is 81.9 cm³/mol. The number of nitrogens with one attached hydrogen (secondary N) is 1. The minimum absolute atomic E-state index is 0.0156. The highest BCUT2D eigenvalue weighted by Gasteiger charge is 2.52. The van der Waals surface area contributed by atoms with Gasteiger partial charge in [0.1, 0.15) is 5.41 Å². The molecule has 0 aliphatic heterocycles. The van der Waals surface area contributed by atoms with E-state index in [9.17, 15) is 4.79 Å². The van der Waals surface area contributed by atoms with Crippen molar-refractivity contribution in [2.75, 3.05) is 0 Å². The molecule has 0 bridgehead atoms. The molecule has 0 atom stereocenters. The summed E-state index contributed by atoms with van der Waals surface area (Å²) in [6.07, 6.45) is 2.18. The Labute approximate surface area is 125 Å². The second kappa shape index (κ2) is 6.16. The maximum Gasteiger partial charge on any atom is 0.234 e. The van der Waals surface area contributed by atoms with E-state index in [2.05, 4.69) is 30.4 Å². The van der Waals surface area contributed by atoms with Gasteiger partial charge < -0.3 is 16.3 Å². The molecule has 2 rings (SSSR count). The number of carbonyl (C=O) groups excluding carboxylic acids is 1. The highest BCUT2D eigenvalue weighted by molar-refractivity contribution is 6.07. The zero-order valence-corrected chi connectivity index (χ0v) is 12.6. The molecular weight excluding hydrogens is 266 g/mol. The Morgan fingerprint density at radius 3 is 2.57 bits per heavy atom. The zero-order valence-electron chi connectivity index (χ0n) is 12.6. The number of rotatable bonds is 5. The number of carbonyl (C=O) groups is 1. The molecule has 0 heterocycles. The highest BCUT2D eigenvalue weighted by Crippen LogP contribution is 2.45. The quantitative estimate of drug-likeness (QED) is 0.335. The molecule has 1 aliphatic carbocycles. The molecule has 5 heteroatoms. The van der Waals surface area contributed by atoms with Crippen molar-refractivity contribution in [3.8, 4) is 0 Å². The van der Waals surface area contributed by atoms with Crippen LogP contribution in [-0.4, -0.2) is 17.0 Å². The van der Waals surface area contributed by atoms with E-state index in [0.717, 1.165) is 12.0 Å². The van der Waals surface area contributed by atoms with E-state index in [-0.39, 0.29) is 11.7 Å². The van der Waals surface area contributed by atoms with Gasteiger partial charge in [-0.2, -0.15) is 0 Å². The molecule has 5 nitrogen and oxygen atoms in total. The number of benzene rings is 1. The van der Waals surface area contributed by atoms with Gasteiger partial charge in [0, 0.05) is 6.54 Å². The summed E-state index contributed by atoms with van der Waals surface area (Å²) in [4.78, 5) is 12.5. The Bertz CT molecular complexity index is 548. The van der Waals surface area contributed by atoms with Crippen LogP contribution < -0.4 is 11.1 Å². The molecule has 114 valence electrons. The second-order valence-electron chi connectivity index (χ2n) is 5.89. The molecule has 0 radical (unpaired) electrons. The molecule has 4 N–H and O–H groups in total. The van der Waals surface area contributed by atoms with Crippen molar-refractivity contribution in [2.24, 2.45) is 22.2 Å². The summed E-state index contributed by atoms with van der Waals surface area (Å²) in [6, 6.07) is 8.03. The number of hydrogen-bond donors (Lipinski definition) is 3. The van der Waals surface area contributed by atoms with Crippen LogP contribution in [0.1, 0.15) is 37.8 Å². The van der Waals surface area contributed by atoms with Crippen molar-refractivity contribution in [3.05, 3.63) is 35.4 Å². The molecule has 21 heavy (non-hydrogen) atoms. The summed E-state index contributed by atoms with van der Waals surface area (Å²) in [7, 11) is 0. The summed E-state index contributed by atoms with van der Waals surface area (Å²) in [5.41, 5.74) is 7.23. The Balaban J connectivity index is 2.07. The van der Waals surface area contributed by atoms with Crippen molar-refractivity contribution in [1.82, 2.24) is 5.32 Å². The summed E-state index contributed by atoms with van der Waals surface area (Å²) in [5, 5.41) is 14.9. The molecule has 0 spiro atoms. The largest absolute Gasteiger partial charge is 0.409 e. The van der Waals surface area contributed by atoms with Crippen LogP contribution in [0.15, 0.2) is 29.4 Å². The molecule has 1 saturated carbocycles. The summed E-state index contributed by atoms with van der Waals surface area (Å²) >= 11 is 0. The van der Waals surface area contributed by atoms with Crippen molar-refractivity contribution in [2.45, 2.75) is 39.7 Å². The van der Waals surface area contributed by atoms with Gasteiger partial charge in [-0.1, -0.05) is 43.3 Å². The SMILES string of the molecule is CCc1ccccc1CNC(=O)C1(/C(N)=N/O)CC(C)C1. The maximum atomic E-state index is 12.5. The second-order valence-corrected chi connectivity index (χ2v) is 5.89. The van der Waals surface area contributed by atoms with Gasteiger partial charge in [0.2, 0.25) is 5.91 Å². The van der Waals surface area contributed by atoms with Gasteiger partial charge >= 0.3 is 0 Å². The molecule has 1 fully saturated rings. The van der Waals surface area contributed by atoms with E-state index in [4.69, 9.17) is 10.9 Å². The standard InChI is InChI=1S/C16H23N3O2/c1-3-12-6-4-5-7-13(12)10-18-15(20)16(14(17)19-21)8-11(2)9-16/h4-7,11,21H,3,8-10H2,1-2H3,(H2,17,19)(H,18,20). The Kier molecular flexibility index (Phi) is 4.50. The van der Waals surface area contributed by atoms with Crippen LogP contribution >= 0.6 is 0 Å². The third kappa shape index (κ3) is 2.86. The minimum atomic E-state index is -0.838. The highest BCUT2D eigenvalue weighted by atomic mass is 16.4. The van der Waals surface area contributed by atoms with Crippen LogP contribution in [0.3, 0.4) is 0 Å². The van der Waals surface area contributed by atoms with E-state index in [1.807, 2.05) is 18.2 Å². The molecule has 0 aromatic heterocycles. The van der Waals surface area contributed by atoms with Crippen LogP contribution in [0, 0.1) is 11.3 Å². The van der Waals surface area contributed by atoms with E-state index >= 15 is 0 Å². The molecule has 1 aromatic carbocycles. The summed E-state index contributed by atoms with van der Waals surface area (Å²) in [5.74, 6) is 0.280. The maximum absolute atomic E-state index is 12.5. The van der Waals surface area contributed by atoms with Gasteiger partial charge in [0.25, 0.3) is 0 Å². The average Bonchev–Trinajstić information content (AvgIpc) is 2.48. The monoisotopic (exact) mass is 289 g/mol. The fourth-order valence-corrected chi connectivity index (χ4v) is 3.16. The first-order valence-corrected chi connectivity index (χ1v) is 7.36. The number of nitrogens with two attached hydrogens (primary N) is 1. The number of aryl methyl sites for hydroxylation is 1. The first-order chi connectivity index (χ1) is 10.0. The predicted octanol–water partition coefficient (Wildman–Crippen LogP) is 2.03. The fourth-order valence-electron chi connectivity index (χ4n) is 3.16. The minimum Gasteiger partial charge on any atom is -0.409 e. The van der Waals surface area contributed by atoms with Gasteiger partial charge in [0.15, 0.2) is 5.84 Å². The van der Waals surface area contributed by atoms with Crippen molar-refractivity contribution in [1.29, 1.82) is 0 Å². The van der Waals surface area contributed by atoms with E-state index < -0.39 is 5.41 Å². The van der Waals surface area contributed by atoms with Crippen LogP contribution in [0.25, 0.3) is 0 Å². The number of amides is 1. The smallest absolute Gasteiger partial charge is 0.234 e. The van der Waals surface area contributed by atoms with Crippen molar-refractivity contribution < 1.29 is 10.0 Å². The Morgan fingerprint density at radius 1 is 1.43 bits per heavy atom. The van der Waals surface area contributed by atoms with E-state index in [1.165, 1.54) is 5.56 Å². The number of amidine groups is 1. The molecule has 1 aromatic rings. The molecule has 1 amide bonds. The van der Waals surface area contributed by atoms with E-state index in [0.29, 0.717) is 25.3 Å². The third-order valence-corrected chi connectivity index (χ3v) is 4.37. The van der Waals surface area contributed by atoms with Crippen molar-refractivity contribution >= 4 is 11.7 Å². The fraction of sp³-hybridized carbons (Fsp3) is 0.500. The molecular formula is C16H23N3O2. The lowest BCUT2D eigenvalue weighted by molar-refractivity contribution is -0.133. The van der Waals surface area contributed by atoms with Crippen LogP contribution in [0.2, 0.25) is 0 Å². The van der Waals surface area contributed by atoms with Gasteiger partial charge in [0.05, 0.1) is 0 Å².